The Kier molecular flexibility index (Phi) is 5.17. The van der Waals surface area contributed by atoms with Gasteiger partial charge in [0.2, 0.25) is 10.0 Å². The molecule has 0 saturated heterocycles. The summed E-state index contributed by atoms with van der Waals surface area (Å²) in [7, 11) is -3.00. The summed E-state index contributed by atoms with van der Waals surface area (Å²) in [6, 6.07) is 0. The lowest BCUT2D eigenvalue weighted by Gasteiger charge is -2.16. The van der Waals surface area contributed by atoms with Crippen LogP contribution in [0, 0.1) is 0 Å². The molecule has 12 heavy (non-hydrogen) atoms. The Balaban J connectivity index is 4.02. The van der Waals surface area contributed by atoms with E-state index in [9.17, 15) is 8.42 Å². The number of hydrogen-bond acceptors (Lipinski definition) is 2. The van der Waals surface area contributed by atoms with Crippen LogP contribution in [0.3, 0.4) is 0 Å². The van der Waals surface area contributed by atoms with Crippen molar-refractivity contribution in [2.45, 2.75) is 20.3 Å². The van der Waals surface area contributed by atoms with Crippen LogP contribution in [-0.2, 0) is 10.0 Å². The van der Waals surface area contributed by atoms with Gasteiger partial charge in [-0.3, -0.25) is 0 Å². The highest BCUT2D eigenvalue weighted by Gasteiger charge is 2.11. The van der Waals surface area contributed by atoms with Crippen molar-refractivity contribution in [3.63, 3.8) is 0 Å². The van der Waals surface area contributed by atoms with Crippen molar-refractivity contribution in [1.29, 1.82) is 0 Å². The second kappa shape index (κ2) is 5.32. The molecule has 3 nitrogen and oxygen atoms in total. The van der Waals surface area contributed by atoms with Crippen LogP contribution in [0.2, 0.25) is 0 Å². The van der Waals surface area contributed by atoms with Crippen LogP contribution in [0.5, 0.6) is 0 Å². The zero-order valence-electron chi connectivity index (χ0n) is 7.95. The van der Waals surface area contributed by atoms with Gasteiger partial charge in [0, 0.05) is 13.1 Å². The van der Waals surface area contributed by atoms with Gasteiger partial charge in [-0.15, -0.1) is 0 Å². The lowest BCUT2D eigenvalue weighted by atomic mass is 10.4. The zero-order valence-corrected chi connectivity index (χ0v) is 8.76. The second-order valence-corrected chi connectivity index (χ2v) is 4.59. The normalized spacial score (nSPS) is 13.0. The fourth-order valence-corrected chi connectivity index (χ4v) is 1.85. The first-order valence-electron chi connectivity index (χ1n) is 4.08. The number of allylic oxidation sites excluding steroid dienone is 1. The Morgan fingerprint density at radius 3 is 2.33 bits per heavy atom. The molecule has 0 saturated carbocycles. The third kappa shape index (κ3) is 4.51. The highest BCUT2D eigenvalue weighted by atomic mass is 32.2. The maximum absolute atomic E-state index is 11.1. The topological polar surface area (TPSA) is 37.4 Å². The molecule has 0 aliphatic rings. The SMILES string of the molecule is C/C=C\CCN(CC)S(C)(=O)=O. The molecule has 0 unspecified atom stereocenters. The predicted molar refractivity (Wildman–Crippen MR) is 51.5 cm³/mol. The maximum Gasteiger partial charge on any atom is 0.211 e. The molecule has 0 aromatic carbocycles. The van der Waals surface area contributed by atoms with Gasteiger partial charge in [0.15, 0.2) is 0 Å². The van der Waals surface area contributed by atoms with Gasteiger partial charge >= 0.3 is 0 Å². The minimum atomic E-state index is -3.00. The van der Waals surface area contributed by atoms with Crippen LogP contribution in [0.15, 0.2) is 12.2 Å². The first kappa shape index (κ1) is 11.6. The number of sulfonamides is 1. The van der Waals surface area contributed by atoms with Crippen LogP contribution in [0.1, 0.15) is 20.3 Å². The van der Waals surface area contributed by atoms with Gasteiger partial charge in [0.05, 0.1) is 6.26 Å². The van der Waals surface area contributed by atoms with Crippen LogP contribution >= 0.6 is 0 Å². The lowest BCUT2D eigenvalue weighted by molar-refractivity contribution is 0.438. The monoisotopic (exact) mass is 191 g/mol. The fraction of sp³-hybridized carbons (Fsp3) is 0.750. The molecule has 0 radical (unpaired) electrons. The molecule has 0 heterocycles. The molecule has 0 bridgehead atoms. The van der Waals surface area contributed by atoms with E-state index in [0.717, 1.165) is 6.42 Å². The van der Waals surface area contributed by atoms with E-state index < -0.39 is 10.0 Å². The molecule has 0 N–H and O–H groups in total. The van der Waals surface area contributed by atoms with E-state index in [1.807, 2.05) is 26.0 Å². The zero-order chi connectivity index (χ0) is 9.61. The standard InChI is InChI=1S/C8H17NO2S/c1-4-6-7-8-9(5-2)12(3,10)11/h4,6H,5,7-8H2,1-3H3/b6-4-. The van der Waals surface area contributed by atoms with E-state index >= 15 is 0 Å². The van der Waals surface area contributed by atoms with Crippen molar-refractivity contribution in [2.24, 2.45) is 0 Å². The van der Waals surface area contributed by atoms with Gasteiger partial charge < -0.3 is 0 Å². The van der Waals surface area contributed by atoms with Crippen LogP contribution < -0.4 is 0 Å². The summed E-state index contributed by atoms with van der Waals surface area (Å²) in [6.45, 7) is 4.91. The first-order valence-corrected chi connectivity index (χ1v) is 5.93. The molecule has 0 amide bonds. The Bertz CT molecular complexity index is 231. The van der Waals surface area contributed by atoms with Gasteiger partial charge in [-0.25, -0.2) is 12.7 Å². The number of rotatable bonds is 5. The van der Waals surface area contributed by atoms with Gasteiger partial charge in [-0.2, -0.15) is 0 Å². The van der Waals surface area contributed by atoms with Gasteiger partial charge in [-0.1, -0.05) is 19.1 Å². The fourth-order valence-electron chi connectivity index (χ4n) is 0.944. The minimum Gasteiger partial charge on any atom is -0.213 e. The quantitative estimate of drug-likeness (QED) is 0.613. The van der Waals surface area contributed by atoms with Crippen LogP contribution in [-0.4, -0.2) is 32.1 Å². The highest BCUT2D eigenvalue weighted by Crippen LogP contribution is 1.98. The Morgan fingerprint density at radius 1 is 1.42 bits per heavy atom. The molecule has 0 atom stereocenters. The summed E-state index contributed by atoms with van der Waals surface area (Å²) >= 11 is 0. The summed E-state index contributed by atoms with van der Waals surface area (Å²) in [5.41, 5.74) is 0. The minimum absolute atomic E-state index is 0.552. The third-order valence-corrected chi connectivity index (χ3v) is 2.98. The van der Waals surface area contributed by atoms with Crippen molar-refractivity contribution in [2.75, 3.05) is 19.3 Å². The van der Waals surface area contributed by atoms with Crippen molar-refractivity contribution in [3.05, 3.63) is 12.2 Å². The largest absolute Gasteiger partial charge is 0.213 e. The number of hydrogen-bond donors (Lipinski definition) is 0. The lowest BCUT2D eigenvalue weighted by Crippen LogP contribution is -2.30. The molecule has 0 aromatic heterocycles. The molecule has 0 aliphatic heterocycles. The van der Waals surface area contributed by atoms with Crippen molar-refractivity contribution < 1.29 is 8.42 Å². The van der Waals surface area contributed by atoms with E-state index in [1.165, 1.54) is 10.6 Å². The highest BCUT2D eigenvalue weighted by molar-refractivity contribution is 7.88. The molecule has 0 rings (SSSR count). The van der Waals surface area contributed by atoms with E-state index in [4.69, 9.17) is 0 Å². The Labute approximate surface area is 75.1 Å². The van der Waals surface area contributed by atoms with E-state index in [2.05, 4.69) is 0 Å². The summed E-state index contributed by atoms with van der Waals surface area (Å²) in [6.07, 6.45) is 5.92. The van der Waals surface area contributed by atoms with Gasteiger partial charge in [0.1, 0.15) is 0 Å². The molecular weight excluding hydrogens is 174 g/mol. The number of nitrogens with zero attached hydrogens (tertiary/aromatic N) is 1. The smallest absolute Gasteiger partial charge is 0.211 e. The summed E-state index contributed by atoms with van der Waals surface area (Å²) in [4.78, 5) is 0. The van der Waals surface area contributed by atoms with E-state index in [0.29, 0.717) is 13.1 Å². The predicted octanol–water partition coefficient (Wildman–Crippen LogP) is 1.23. The average Bonchev–Trinajstić information content (AvgIpc) is 1.95. The van der Waals surface area contributed by atoms with Gasteiger partial charge in [0.25, 0.3) is 0 Å². The second-order valence-electron chi connectivity index (χ2n) is 2.61. The van der Waals surface area contributed by atoms with Crippen molar-refractivity contribution in [1.82, 2.24) is 4.31 Å². The average molecular weight is 191 g/mol. The van der Waals surface area contributed by atoms with Crippen molar-refractivity contribution >= 4 is 10.0 Å². The van der Waals surface area contributed by atoms with E-state index in [-0.39, 0.29) is 0 Å². The summed E-state index contributed by atoms with van der Waals surface area (Å²) in [5.74, 6) is 0. The molecule has 0 spiro atoms. The first-order chi connectivity index (χ1) is 5.52. The molecule has 4 heteroatoms. The van der Waals surface area contributed by atoms with Crippen molar-refractivity contribution in [3.8, 4) is 0 Å². The van der Waals surface area contributed by atoms with E-state index in [1.54, 1.807) is 0 Å². The molecule has 0 aromatic rings. The van der Waals surface area contributed by atoms with Crippen LogP contribution in [0.25, 0.3) is 0 Å². The molecule has 72 valence electrons. The molecular formula is C8H17NO2S. The summed E-state index contributed by atoms with van der Waals surface area (Å²) < 4.78 is 23.6. The Hall–Kier alpha value is -0.350. The third-order valence-electron chi connectivity index (χ3n) is 1.60. The Morgan fingerprint density at radius 2 is 2.00 bits per heavy atom. The van der Waals surface area contributed by atoms with Crippen LogP contribution in [0.4, 0.5) is 0 Å². The maximum atomic E-state index is 11.1. The molecule has 0 aliphatic carbocycles. The summed E-state index contributed by atoms with van der Waals surface area (Å²) in [5, 5.41) is 0. The van der Waals surface area contributed by atoms with Gasteiger partial charge in [-0.05, 0) is 13.3 Å². The molecule has 0 fully saturated rings.